The van der Waals surface area contributed by atoms with Gasteiger partial charge < -0.3 is 10.2 Å². The molecule has 2 heterocycles. The van der Waals surface area contributed by atoms with Gasteiger partial charge in [0.25, 0.3) is 0 Å². The molecule has 1 N–H and O–H groups in total. The van der Waals surface area contributed by atoms with E-state index in [4.69, 9.17) is 0 Å². The van der Waals surface area contributed by atoms with E-state index in [1.54, 1.807) is 15.9 Å². The lowest BCUT2D eigenvalue weighted by atomic mass is 10.1. The van der Waals surface area contributed by atoms with Crippen LogP contribution in [0.2, 0.25) is 0 Å². The van der Waals surface area contributed by atoms with E-state index in [0.29, 0.717) is 18.8 Å². The Hall–Kier alpha value is -3.48. The Bertz CT molecular complexity index is 965. The number of anilines is 1. The first-order chi connectivity index (χ1) is 13.6. The third-order valence-electron chi connectivity index (χ3n) is 4.90. The van der Waals surface area contributed by atoms with Crippen molar-refractivity contribution < 1.29 is 9.59 Å². The molecule has 1 aromatic heterocycles. The number of nitrogens with zero attached hydrogens (tertiary/aromatic N) is 4. The summed E-state index contributed by atoms with van der Waals surface area (Å²) >= 11 is 0. The Morgan fingerprint density at radius 3 is 2.57 bits per heavy atom. The highest BCUT2D eigenvalue weighted by Crippen LogP contribution is 2.22. The zero-order valence-electron chi connectivity index (χ0n) is 15.6. The van der Waals surface area contributed by atoms with Crippen LogP contribution in [0.25, 0.3) is 5.69 Å². The first-order valence-corrected chi connectivity index (χ1v) is 9.18. The number of hydrogen-bond donors (Lipinski definition) is 1. The number of carbonyl (C=O) groups is 2. The highest BCUT2D eigenvalue weighted by Gasteiger charge is 2.34. The van der Waals surface area contributed by atoms with Crippen molar-refractivity contribution in [2.75, 3.05) is 11.9 Å². The van der Waals surface area contributed by atoms with Gasteiger partial charge in [-0.05, 0) is 36.8 Å². The molecule has 1 atom stereocenters. The van der Waals surface area contributed by atoms with Crippen molar-refractivity contribution in [2.45, 2.75) is 19.9 Å². The van der Waals surface area contributed by atoms with Gasteiger partial charge in [-0.1, -0.05) is 29.8 Å². The van der Waals surface area contributed by atoms with Gasteiger partial charge in [0.2, 0.25) is 11.8 Å². The predicted octanol–water partition coefficient (Wildman–Crippen LogP) is 2.56. The average molecular weight is 375 g/mol. The van der Waals surface area contributed by atoms with Crippen LogP contribution in [0.3, 0.4) is 0 Å². The van der Waals surface area contributed by atoms with Gasteiger partial charge in [0.05, 0.1) is 11.6 Å². The monoisotopic (exact) mass is 375 g/mol. The Balaban J connectivity index is 1.36. The van der Waals surface area contributed by atoms with Crippen LogP contribution in [-0.4, -0.2) is 38.0 Å². The maximum atomic E-state index is 12.6. The normalized spacial score (nSPS) is 16.4. The molecule has 1 fully saturated rings. The minimum absolute atomic E-state index is 0.0160. The molecule has 0 aliphatic carbocycles. The smallest absolute Gasteiger partial charge is 0.229 e. The summed E-state index contributed by atoms with van der Waals surface area (Å²) in [6, 6.07) is 15.4. The summed E-state index contributed by atoms with van der Waals surface area (Å²) in [6.45, 7) is 3.01. The summed E-state index contributed by atoms with van der Waals surface area (Å²) < 4.78 is 1.64. The maximum Gasteiger partial charge on any atom is 0.229 e. The first kappa shape index (κ1) is 17.9. The van der Waals surface area contributed by atoms with E-state index in [1.165, 1.54) is 11.9 Å². The molecule has 3 aromatic rings. The zero-order valence-corrected chi connectivity index (χ0v) is 15.6. The van der Waals surface area contributed by atoms with E-state index in [9.17, 15) is 9.59 Å². The lowest BCUT2D eigenvalue weighted by Crippen LogP contribution is -2.28. The second-order valence-corrected chi connectivity index (χ2v) is 7.04. The van der Waals surface area contributed by atoms with Crippen molar-refractivity contribution in [2.24, 2.45) is 5.92 Å². The van der Waals surface area contributed by atoms with Gasteiger partial charge in [-0.3, -0.25) is 9.59 Å². The molecule has 28 heavy (non-hydrogen) atoms. The molecule has 7 nitrogen and oxygen atoms in total. The average Bonchev–Trinajstić information content (AvgIpc) is 3.35. The minimum Gasteiger partial charge on any atom is -0.338 e. The van der Waals surface area contributed by atoms with Gasteiger partial charge in [-0.15, -0.1) is 0 Å². The summed E-state index contributed by atoms with van der Waals surface area (Å²) in [5.41, 5.74) is 3.81. The number of benzene rings is 2. The number of aryl methyl sites for hydroxylation is 1. The van der Waals surface area contributed by atoms with Crippen LogP contribution in [0.1, 0.15) is 17.5 Å². The topological polar surface area (TPSA) is 80.1 Å². The molecule has 1 saturated heterocycles. The third kappa shape index (κ3) is 3.93. The molecule has 2 aromatic carbocycles. The lowest BCUT2D eigenvalue weighted by Gasteiger charge is -2.17. The van der Waals surface area contributed by atoms with E-state index in [2.05, 4.69) is 15.4 Å². The second kappa shape index (κ2) is 7.64. The Morgan fingerprint density at radius 1 is 1.14 bits per heavy atom. The third-order valence-corrected chi connectivity index (χ3v) is 4.90. The number of amides is 2. The molecular formula is C21H21N5O2. The fourth-order valence-corrected chi connectivity index (χ4v) is 3.30. The van der Waals surface area contributed by atoms with E-state index < -0.39 is 0 Å². The van der Waals surface area contributed by atoms with Gasteiger partial charge in [-0.2, -0.15) is 5.10 Å². The molecule has 0 spiro atoms. The molecule has 0 bridgehead atoms. The Labute approximate surface area is 163 Å². The van der Waals surface area contributed by atoms with Crippen molar-refractivity contribution >= 4 is 17.5 Å². The van der Waals surface area contributed by atoms with Crippen molar-refractivity contribution in [3.63, 3.8) is 0 Å². The number of rotatable bonds is 5. The van der Waals surface area contributed by atoms with Crippen molar-refractivity contribution in [1.29, 1.82) is 0 Å². The fourth-order valence-electron chi connectivity index (χ4n) is 3.30. The van der Waals surface area contributed by atoms with Crippen LogP contribution in [0.15, 0.2) is 61.2 Å². The number of likely N-dealkylation sites (tertiary alicyclic amines) is 1. The molecule has 0 saturated carbocycles. The predicted molar refractivity (Wildman–Crippen MR) is 105 cm³/mol. The maximum absolute atomic E-state index is 12.6. The van der Waals surface area contributed by atoms with Crippen LogP contribution < -0.4 is 5.32 Å². The van der Waals surface area contributed by atoms with Gasteiger partial charge in [-0.25, -0.2) is 9.67 Å². The highest BCUT2D eigenvalue weighted by molar-refractivity contribution is 5.97. The van der Waals surface area contributed by atoms with Crippen LogP contribution in [0.4, 0.5) is 5.69 Å². The summed E-state index contributed by atoms with van der Waals surface area (Å²) in [4.78, 5) is 30.6. The summed E-state index contributed by atoms with van der Waals surface area (Å²) in [6.07, 6.45) is 3.32. The largest absolute Gasteiger partial charge is 0.338 e. The van der Waals surface area contributed by atoms with E-state index >= 15 is 0 Å². The van der Waals surface area contributed by atoms with Crippen molar-refractivity contribution in [3.05, 3.63) is 72.3 Å². The first-order valence-electron chi connectivity index (χ1n) is 9.18. The van der Waals surface area contributed by atoms with Gasteiger partial charge in [0.1, 0.15) is 12.7 Å². The van der Waals surface area contributed by atoms with Crippen LogP contribution >= 0.6 is 0 Å². The number of carbonyl (C=O) groups excluding carboxylic acids is 2. The van der Waals surface area contributed by atoms with Crippen LogP contribution in [-0.2, 0) is 16.1 Å². The van der Waals surface area contributed by atoms with Gasteiger partial charge in [0.15, 0.2) is 0 Å². The quantitative estimate of drug-likeness (QED) is 0.743. The van der Waals surface area contributed by atoms with E-state index in [1.807, 2.05) is 55.5 Å². The molecule has 1 aliphatic rings. The van der Waals surface area contributed by atoms with Crippen LogP contribution in [0.5, 0.6) is 0 Å². The standard InChI is InChI=1S/C21H21N5O2/c1-15-2-4-16(5-3-15)11-25-12-17(10-20(25)27)21(28)24-18-6-8-19(9-7-18)26-14-22-13-23-26/h2-9,13-14,17H,10-12H2,1H3,(H,24,28). The van der Waals surface area contributed by atoms with Crippen molar-refractivity contribution in [1.82, 2.24) is 19.7 Å². The lowest BCUT2D eigenvalue weighted by molar-refractivity contribution is -0.128. The molecule has 142 valence electrons. The number of hydrogen-bond acceptors (Lipinski definition) is 4. The van der Waals surface area contributed by atoms with Crippen molar-refractivity contribution in [3.8, 4) is 5.69 Å². The number of aromatic nitrogens is 3. The summed E-state index contributed by atoms with van der Waals surface area (Å²) in [7, 11) is 0. The minimum atomic E-state index is -0.340. The second-order valence-electron chi connectivity index (χ2n) is 7.04. The van der Waals surface area contributed by atoms with Crippen LogP contribution in [0, 0.1) is 12.8 Å². The van der Waals surface area contributed by atoms with E-state index in [-0.39, 0.29) is 24.2 Å². The fraction of sp³-hybridized carbons (Fsp3) is 0.238. The molecule has 0 radical (unpaired) electrons. The molecule has 2 amide bonds. The molecule has 1 unspecified atom stereocenters. The van der Waals surface area contributed by atoms with Gasteiger partial charge >= 0.3 is 0 Å². The summed E-state index contributed by atoms with van der Waals surface area (Å²) in [5.74, 6) is -0.455. The highest BCUT2D eigenvalue weighted by atomic mass is 16.2. The molecule has 4 rings (SSSR count). The summed E-state index contributed by atoms with van der Waals surface area (Å²) in [5, 5.41) is 6.98. The van der Waals surface area contributed by atoms with Gasteiger partial charge in [0, 0.05) is 25.2 Å². The number of nitrogens with one attached hydrogen (secondary N) is 1. The molecular weight excluding hydrogens is 354 g/mol. The zero-order chi connectivity index (χ0) is 19.5. The van der Waals surface area contributed by atoms with E-state index in [0.717, 1.165) is 11.3 Å². The SMILES string of the molecule is Cc1ccc(CN2CC(C(=O)Nc3ccc(-n4cncn4)cc3)CC2=O)cc1. The molecule has 1 aliphatic heterocycles. The Kier molecular flexibility index (Phi) is 4.89. The Morgan fingerprint density at radius 2 is 1.89 bits per heavy atom. The molecule has 7 heteroatoms.